The predicted octanol–water partition coefficient (Wildman–Crippen LogP) is 2.44. The molecule has 0 saturated carbocycles. The molecule has 5 heteroatoms. The molecule has 16 heavy (non-hydrogen) atoms. The fraction of sp³-hybridized carbons (Fsp3) is 0.455. The topological polar surface area (TPSA) is 57.9 Å². The van der Waals surface area contributed by atoms with Gasteiger partial charge in [-0.1, -0.05) is 11.6 Å². The highest BCUT2D eigenvalue weighted by molar-refractivity contribution is 6.29. The maximum Gasteiger partial charge on any atom is 0.132 e. The Kier molecular flexibility index (Phi) is 5.03. The van der Waals surface area contributed by atoms with Crippen molar-refractivity contribution in [3.05, 3.63) is 22.8 Å². The van der Waals surface area contributed by atoms with E-state index in [4.69, 9.17) is 21.6 Å². The minimum Gasteiger partial charge on any atom is -0.385 e. The zero-order valence-corrected chi connectivity index (χ0v) is 10.1. The number of aromatic nitrogens is 1. The van der Waals surface area contributed by atoms with Crippen molar-refractivity contribution >= 4 is 17.4 Å². The maximum atomic E-state index is 8.78. The van der Waals surface area contributed by atoms with Gasteiger partial charge in [-0.3, -0.25) is 0 Å². The van der Waals surface area contributed by atoms with Crippen LogP contribution in [0.3, 0.4) is 0 Å². The van der Waals surface area contributed by atoms with Crippen molar-refractivity contribution in [2.45, 2.75) is 19.4 Å². The van der Waals surface area contributed by atoms with Crippen LogP contribution >= 0.6 is 11.6 Å². The van der Waals surface area contributed by atoms with Crippen LogP contribution in [-0.4, -0.2) is 24.7 Å². The highest BCUT2D eigenvalue weighted by Gasteiger charge is 2.05. The molecule has 1 atom stereocenters. The second kappa shape index (κ2) is 6.31. The van der Waals surface area contributed by atoms with Gasteiger partial charge >= 0.3 is 0 Å². The second-order valence-electron chi connectivity index (χ2n) is 3.50. The average molecular weight is 240 g/mol. The molecule has 0 radical (unpaired) electrons. The fourth-order valence-electron chi connectivity index (χ4n) is 1.25. The minimum absolute atomic E-state index is 0.220. The molecule has 0 bridgehead atoms. The van der Waals surface area contributed by atoms with E-state index < -0.39 is 0 Å². The summed E-state index contributed by atoms with van der Waals surface area (Å²) in [6.45, 7) is 2.70. The van der Waals surface area contributed by atoms with Crippen molar-refractivity contribution in [2.75, 3.05) is 19.0 Å². The van der Waals surface area contributed by atoms with Crippen LogP contribution in [0.4, 0.5) is 5.82 Å². The molecule has 1 rings (SSSR count). The number of rotatable bonds is 5. The Bertz CT molecular complexity index is 389. The number of pyridine rings is 1. The Balaban J connectivity index is 2.66. The summed E-state index contributed by atoms with van der Waals surface area (Å²) >= 11 is 5.79. The number of nitrogens with one attached hydrogen (secondary N) is 1. The van der Waals surface area contributed by atoms with E-state index in [0.717, 1.165) is 6.42 Å². The summed E-state index contributed by atoms with van der Waals surface area (Å²) in [6.07, 6.45) is 0.868. The standard InChI is InChI=1S/C11H14ClN3O/c1-8(3-4-16-2)14-11-6-9(7-13)5-10(12)15-11/h5-6,8H,3-4H2,1-2H3,(H,14,15). The molecule has 1 aromatic rings. The Labute approximate surface area is 100 Å². The summed E-state index contributed by atoms with van der Waals surface area (Å²) < 4.78 is 4.98. The summed E-state index contributed by atoms with van der Waals surface area (Å²) in [7, 11) is 1.66. The van der Waals surface area contributed by atoms with Gasteiger partial charge in [0.05, 0.1) is 11.6 Å². The largest absolute Gasteiger partial charge is 0.385 e. The van der Waals surface area contributed by atoms with Gasteiger partial charge in [0, 0.05) is 19.8 Å². The number of nitrogens with zero attached hydrogens (tertiary/aromatic N) is 2. The smallest absolute Gasteiger partial charge is 0.132 e. The van der Waals surface area contributed by atoms with Gasteiger partial charge in [0.2, 0.25) is 0 Å². The van der Waals surface area contributed by atoms with Crippen molar-refractivity contribution in [1.29, 1.82) is 5.26 Å². The van der Waals surface area contributed by atoms with Gasteiger partial charge in [-0.2, -0.15) is 5.26 Å². The van der Waals surface area contributed by atoms with E-state index >= 15 is 0 Å². The van der Waals surface area contributed by atoms with Gasteiger partial charge in [0.25, 0.3) is 0 Å². The Morgan fingerprint density at radius 3 is 3.00 bits per heavy atom. The Morgan fingerprint density at radius 2 is 2.38 bits per heavy atom. The first-order chi connectivity index (χ1) is 7.65. The van der Waals surface area contributed by atoms with Crippen LogP contribution in [0.2, 0.25) is 5.15 Å². The molecule has 0 spiro atoms. The normalized spacial score (nSPS) is 11.9. The molecule has 0 aliphatic heterocycles. The molecule has 1 heterocycles. The number of halogens is 1. The SMILES string of the molecule is COCCC(C)Nc1cc(C#N)cc(Cl)n1. The molecular weight excluding hydrogens is 226 g/mol. The van der Waals surface area contributed by atoms with Gasteiger partial charge in [-0.25, -0.2) is 4.98 Å². The van der Waals surface area contributed by atoms with Crippen LogP contribution in [0, 0.1) is 11.3 Å². The molecule has 1 unspecified atom stereocenters. The summed E-state index contributed by atoms with van der Waals surface area (Å²) in [5, 5.41) is 12.3. The number of hydrogen-bond donors (Lipinski definition) is 1. The minimum atomic E-state index is 0.220. The number of ether oxygens (including phenoxy) is 1. The quantitative estimate of drug-likeness (QED) is 0.802. The zero-order valence-electron chi connectivity index (χ0n) is 9.33. The van der Waals surface area contributed by atoms with E-state index in [1.54, 1.807) is 13.2 Å². The van der Waals surface area contributed by atoms with Crippen LogP contribution < -0.4 is 5.32 Å². The lowest BCUT2D eigenvalue weighted by atomic mass is 10.2. The first kappa shape index (κ1) is 12.8. The van der Waals surface area contributed by atoms with Crippen molar-refractivity contribution in [3.8, 4) is 6.07 Å². The first-order valence-corrected chi connectivity index (χ1v) is 5.36. The predicted molar refractivity (Wildman–Crippen MR) is 63.5 cm³/mol. The molecule has 0 fully saturated rings. The number of methoxy groups -OCH3 is 1. The van der Waals surface area contributed by atoms with Crippen LogP contribution in [0.5, 0.6) is 0 Å². The van der Waals surface area contributed by atoms with Crippen molar-refractivity contribution in [3.63, 3.8) is 0 Å². The highest BCUT2D eigenvalue weighted by Crippen LogP contribution is 2.15. The molecule has 0 amide bonds. The van der Waals surface area contributed by atoms with Crippen LogP contribution in [-0.2, 0) is 4.74 Å². The van der Waals surface area contributed by atoms with Crippen LogP contribution in [0.1, 0.15) is 18.9 Å². The van der Waals surface area contributed by atoms with E-state index in [0.29, 0.717) is 23.1 Å². The first-order valence-electron chi connectivity index (χ1n) is 4.99. The molecule has 86 valence electrons. The van der Waals surface area contributed by atoms with E-state index in [2.05, 4.69) is 10.3 Å². The molecule has 1 aromatic heterocycles. The number of nitriles is 1. The molecular formula is C11H14ClN3O. The molecule has 0 aromatic carbocycles. The second-order valence-corrected chi connectivity index (χ2v) is 3.89. The van der Waals surface area contributed by atoms with Crippen LogP contribution in [0.25, 0.3) is 0 Å². The lowest BCUT2D eigenvalue weighted by Crippen LogP contribution is -2.18. The van der Waals surface area contributed by atoms with Gasteiger partial charge in [0.1, 0.15) is 11.0 Å². The van der Waals surface area contributed by atoms with Crippen LogP contribution in [0.15, 0.2) is 12.1 Å². The molecule has 4 nitrogen and oxygen atoms in total. The summed E-state index contributed by atoms with van der Waals surface area (Å²) in [4.78, 5) is 4.09. The number of anilines is 1. The third-order valence-electron chi connectivity index (χ3n) is 2.07. The summed E-state index contributed by atoms with van der Waals surface area (Å²) in [6, 6.07) is 5.47. The Hall–Kier alpha value is -1.31. The number of hydrogen-bond acceptors (Lipinski definition) is 4. The van der Waals surface area contributed by atoms with Gasteiger partial charge in [-0.15, -0.1) is 0 Å². The maximum absolute atomic E-state index is 8.78. The Morgan fingerprint density at radius 1 is 1.62 bits per heavy atom. The lowest BCUT2D eigenvalue weighted by molar-refractivity contribution is 0.191. The summed E-state index contributed by atoms with van der Waals surface area (Å²) in [5.74, 6) is 0.618. The average Bonchev–Trinajstić information content (AvgIpc) is 2.25. The fourth-order valence-corrected chi connectivity index (χ4v) is 1.46. The van der Waals surface area contributed by atoms with E-state index in [1.165, 1.54) is 6.07 Å². The molecule has 1 N–H and O–H groups in total. The lowest BCUT2D eigenvalue weighted by Gasteiger charge is -2.14. The van der Waals surface area contributed by atoms with E-state index in [9.17, 15) is 0 Å². The third-order valence-corrected chi connectivity index (χ3v) is 2.27. The zero-order chi connectivity index (χ0) is 12.0. The van der Waals surface area contributed by atoms with Gasteiger partial charge < -0.3 is 10.1 Å². The molecule has 0 aliphatic rings. The highest BCUT2D eigenvalue weighted by atomic mass is 35.5. The van der Waals surface area contributed by atoms with Crippen molar-refractivity contribution in [2.24, 2.45) is 0 Å². The van der Waals surface area contributed by atoms with Crippen molar-refractivity contribution in [1.82, 2.24) is 4.98 Å². The monoisotopic (exact) mass is 239 g/mol. The van der Waals surface area contributed by atoms with E-state index in [-0.39, 0.29) is 6.04 Å². The molecule has 0 aliphatic carbocycles. The van der Waals surface area contributed by atoms with Crippen molar-refractivity contribution < 1.29 is 4.74 Å². The van der Waals surface area contributed by atoms with Gasteiger partial charge in [0.15, 0.2) is 0 Å². The molecule has 0 saturated heterocycles. The summed E-state index contributed by atoms with van der Waals surface area (Å²) in [5.41, 5.74) is 0.501. The van der Waals surface area contributed by atoms with Gasteiger partial charge in [-0.05, 0) is 25.5 Å². The third kappa shape index (κ3) is 4.05. The van der Waals surface area contributed by atoms with E-state index in [1.807, 2.05) is 13.0 Å².